The zero-order chi connectivity index (χ0) is 38.4. The third-order valence-corrected chi connectivity index (χ3v) is 10.6. The minimum atomic E-state index is -4.60. The number of phosphoric acid groups is 1. The molecule has 0 rings (SSSR count). The van der Waals surface area contributed by atoms with Crippen molar-refractivity contribution < 1.29 is 42.7 Å². The van der Waals surface area contributed by atoms with Gasteiger partial charge in [0, 0.05) is 13.0 Å². The van der Waals surface area contributed by atoms with Crippen LogP contribution in [0.25, 0.3) is 0 Å². The molecule has 0 aromatic carbocycles. The van der Waals surface area contributed by atoms with E-state index in [1.165, 1.54) is 148 Å². The van der Waals surface area contributed by atoms with Gasteiger partial charge in [0.05, 0.1) is 19.8 Å². The molecule has 0 saturated heterocycles. The highest BCUT2D eigenvalue weighted by atomic mass is 31.2. The van der Waals surface area contributed by atoms with Crippen molar-refractivity contribution in [3.8, 4) is 0 Å². The molecule has 0 fully saturated rings. The number of rotatable bonds is 42. The Labute approximate surface area is 319 Å². The monoisotopic (exact) mass is 764 g/mol. The van der Waals surface area contributed by atoms with Gasteiger partial charge in [-0.25, -0.2) is 4.57 Å². The van der Waals surface area contributed by atoms with Crippen molar-refractivity contribution in [2.75, 3.05) is 26.4 Å². The summed E-state index contributed by atoms with van der Waals surface area (Å²) >= 11 is 0. The molecule has 0 aromatic heterocycles. The number of unbranched alkanes of at least 4 members (excludes halogenated alkanes) is 28. The molecule has 11 heteroatoms. The van der Waals surface area contributed by atoms with Gasteiger partial charge in [0.15, 0.2) is 0 Å². The summed E-state index contributed by atoms with van der Waals surface area (Å²) in [7, 11) is -4.60. The van der Waals surface area contributed by atoms with Gasteiger partial charge in [-0.15, -0.1) is 0 Å². The third kappa shape index (κ3) is 37.3. The van der Waals surface area contributed by atoms with E-state index in [4.69, 9.17) is 29.4 Å². The lowest BCUT2D eigenvalue weighted by Crippen LogP contribution is -2.34. The number of carboxylic acid groups (broad SMARTS) is 1. The fraction of sp³-hybridized carbons (Fsp3) is 0.951. The fourth-order valence-electron chi connectivity index (χ4n) is 6.25. The Morgan fingerprint density at radius 1 is 0.538 bits per heavy atom. The average Bonchev–Trinajstić information content (AvgIpc) is 3.12. The average molecular weight is 764 g/mol. The second-order valence-electron chi connectivity index (χ2n) is 14.8. The standard InChI is InChI=1S/C41H82NO9P/c1-3-5-7-9-11-13-14-15-16-17-18-19-20-21-22-23-24-25-26-28-30-32-34-48-35-38(36-49-52(46,47)50-37-39(42)41(44)45)51-40(43)33-31-29-27-12-10-8-6-4-2/h38-39H,3-37,42H2,1-2H3,(H,44,45)(H,46,47). The number of carboxylic acids is 1. The normalized spacial score (nSPS) is 13.9. The number of hydrogen-bond donors (Lipinski definition) is 3. The van der Waals surface area contributed by atoms with E-state index in [0.29, 0.717) is 6.61 Å². The molecule has 0 aliphatic heterocycles. The number of hydrogen-bond acceptors (Lipinski definition) is 8. The fourth-order valence-corrected chi connectivity index (χ4v) is 7.03. The van der Waals surface area contributed by atoms with E-state index in [-0.39, 0.29) is 13.0 Å². The SMILES string of the molecule is CCCCCCCCCCCCCCCCCCCCCCCCOCC(COP(=O)(O)OCC(N)C(=O)O)OC(=O)CCCCCCCCCC. The molecule has 0 bridgehead atoms. The van der Waals surface area contributed by atoms with Crippen LogP contribution in [-0.2, 0) is 32.7 Å². The Kier molecular flexibility index (Phi) is 37.5. The van der Waals surface area contributed by atoms with E-state index >= 15 is 0 Å². The van der Waals surface area contributed by atoms with E-state index in [0.717, 1.165) is 44.9 Å². The summed E-state index contributed by atoms with van der Waals surface area (Å²) in [4.78, 5) is 33.3. The molecule has 310 valence electrons. The Morgan fingerprint density at radius 3 is 1.27 bits per heavy atom. The van der Waals surface area contributed by atoms with Crippen LogP contribution >= 0.6 is 7.82 Å². The zero-order valence-electron chi connectivity index (χ0n) is 33.7. The lowest BCUT2D eigenvalue weighted by molar-refractivity contribution is -0.154. The van der Waals surface area contributed by atoms with Gasteiger partial charge in [0.1, 0.15) is 12.1 Å². The van der Waals surface area contributed by atoms with Crippen LogP contribution in [0.3, 0.4) is 0 Å². The van der Waals surface area contributed by atoms with Crippen molar-refractivity contribution in [2.45, 2.75) is 225 Å². The van der Waals surface area contributed by atoms with Crippen LogP contribution < -0.4 is 5.73 Å². The quantitative estimate of drug-likeness (QED) is 0.0311. The Hall–Kier alpha value is -1.03. The van der Waals surface area contributed by atoms with E-state index in [9.17, 15) is 19.0 Å². The van der Waals surface area contributed by atoms with Crippen LogP contribution in [0, 0.1) is 0 Å². The summed E-state index contributed by atoms with van der Waals surface area (Å²) < 4.78 is 33.2. The van der Waals surface area contributed by atoms with Crippen LogP contribution in [-0.4, -0.2) is 60.5 Å². The number of ether oxygens (including phenoxy) is 2. The third-order valence-electron chi connectivity index (χ3n) is 9.64. The van der Waals surface area contributed by atoms with Crippen molar-refractivity contribution in [1.82, 2.24) is 0 Å². The number of carbonyl (C=O) groups excluding carboxylic acids is 1. The number of aliphatic carboxylic acids is 1. The maximum atomic E-state index is 12.5. The van der Waals surface area contributed by atoms with Crippen LogP contribution in [0.2, 0.25) is 0 Å². The van der Waals surface area contributed by atoms with Crippen molar-refractivity contribution in [2.24, 2.45) is 5.73 Å². The second-order valence-corrected chi connectivity index (χ2v) is 16.3. The first kappa shape index (κ1) is 51.0. The first-order valence-electron chi connectivity index (χ1n) is 21.6. The highest BCUT2D eigenvalue weighted by Gasteiger charge is 2.27. The number of carbonyl (C=O) groups is 2. The first-order valence-corrected chi connectivity index (χ1v) is 23.1. The van der Waals surface area contributed by atoms with E-state index in [1.807, 2.05) is 0 Å². The van der Waals surface area contributed by atoms with Crippen LogP contribution in [0.4, 0.5) is 0 Å². The Balaban J connectivity index is 4.00. The van der Waals surface area contributed by atoms with Crippen molar-refractivity contribution in [3.63, 3.8) is 0 Å². The van der Waals surface area contributed by atoms with Crippen LogP contribution in [0.5, 0.6) is 0 Å². The second kappa shape index (κ2) is 38.3. The van der Waals surface area contributed by atoms with Crippen LogP contribution in [0.15, 0.2) is 0 Å². The van der Waals surface area contributed by atoms with Gasteiger partial charge < -0.3 is 25.2 Å². The summed E-state index contributed by atoms with van der Waals surface area (Å²) in [5, 5.41) is 8.86. The highest BCUT2D eigenvalue weighted by molar-refractivity contribution is 7.47. The number of esters is 1. The van der Waals surface area contributed by atoms with Crippen molar-refractivity contribution >= 4 is 19.8 Å². The highest BCUT2D eigenvalue weighted by Crippen LogP contribution is 2.43. The molecule has 3 atom stereocenters. The summed E-state index contributed by atoms with van der Waals surface area (Å²) in [5.41, 5.74) is 5.34. The molecule has 0 amide bonds. The van der Waals surface area contributed by atoms with Crippen molar-refractivity contribution in [1.29, 1.82) is 0 Å². The zero-order valence-corrected chi connectivity index (χ0v) is 34.6. The van der Waals surface area contributed by atoms with Gasteiger partial charge in [-0.1, -0.05) is 194 Å². The molecule has 0 aliphatic rings. The maximum absolute atomic E-state index is 12.5. The molecular formula is C41H82NO9P. The number of nitrogens with two attached hydrogens (primary N) is 1. The lowest BCUT2D eigenvalue weighted by Gasteiger charge is -2.20. The molecule has 3 unspecified atom stereocenters. The molecule has 10 nitrogen and oxygen atoms in total. The minimum Gasteiger partial charge on any atom is -0.480 e. The van der Waals surface area contributed by atoms with Gasteiger partial charge in [-0.05, 0) is 12.8 Å². The maximum Gasteiger partial charge on any atom is 0.472 e. The molecule has 52 heavy (non-hydrogen) atoms. The van der Waals surface area contributed by atoms with Gasteiger partial charge in [0.25, 0.3) is 0 Å². The van der Waals surface area contributed by atoms with Gasteiger partial charge in [0.2, 0.25) is 0 Å². The predicted molar refractivity (Wildman–Crippen MR) is 213 cm³/mol. The van der Waals surface area contributed by atoms with Gasteiger partial charge >= 0.3 is 19.8 Å². The van der Waals surface area contributed by atoms with Crippen LogP contribution in [0.1, 0.15) is 213 Å². The molecule has 0 aromatic rings. The topological polar surface area (TPSA) is 155 Å². The largest absolute Gasteiger partial charge is 0.480 e. The van der Waals surface area contributed by atoms with Gasteiger partial charge in [-0.2, -0.15) is 0 Å². The smallest absolute Gasteiger partial charge is 0.472 e. The number of phosphoric ester groups is 1. The summed E-state index contributed by atoms with van der Waals surface area (Å²) in [5.74, 6) is -1.77. The van der Waals surface area contributed by atoms with Crippen molar-refractivity contribution in [3.05, 3.63) is 0 Å². The summed E-state index contributed by atoms with van der Waals surface area (Å²) in [6, 6.07) is -1.47. The molecule has 0 saturated carbocycles. The molecular weight excluding hydrogens is 681 g/mol. The molecule has 0 aliphatic carbocycles. The summed E-state index contributed by atoms with van der Waals surface area (Å²) in [6.45, 7) is 3.88. The first-order chi connectivity index (χ1) is 25.2. The molecule has 0 radical (unpaired) electrons. The lowest BCUT2D eigenvalue weighted by atomic mass is 10.0. The minimum absolute atomic E-state index is 0.0249. The van der Waals surface area contributed by atoms with E-state index in [1.54, 1.807) is 0 Å². The van der Waals surface area contributed by atoms with E-state index < -0.39 is 45.1 Å². The van der Waals surface area contributed by atoms with E-state index in [2.05, 4.69) is 13.8 Å². The molecule has 0 spiro atoms. The molecule has 4 N–H and O–H groups in total. The summed E-state index contributed by atoms with van der Waals surface area (Å²) in [6.07, 6.45) is 37.5. The molecule has 0 heterocycles. The Bertz CT molecular complexity index is 847. The Morgan fingerprint density at radius 2 is 0.885 bits per heavy atom. The van der Waals surface area contributed by atoms with Gasteiger partial charge in [-0.3, -0.25) is 18.6 Å². The predicted octanol–water partition coefficient (Wildman–Crippen LogP) is 11.6.